The number of rotatable bonds is 4. The molecule has 5 nitrogen and oxygen atoms in total. The summed E-state index contributed by atoms with van der Waals surface area (Å²) >= 11 is 0. The maximum absolute atomic E-state index is 4.56. The SMILES string of the molecule is CCNC(c1nccn1C)C1CN(C)CCCN1C. The molecule has 1 aromatic heterocycles. The average molecular weight is 265 g/mol. The fourth-order valence-electron chi connectivity index (χ4n) is 2.96. The summed E-state index contributed by atoms with van der Waals surface area (Å²) in [5.74, 6) is 1.13. The lowest BCUT2D eigenvalue weighted by Gasteiger charge is -2.34. The van der Waals surface area contributed by atoms with E-state index in [1.54, 1.807) is 0 Å². The van der Waals surface area contributed by atoms with Crippen molar-refractivity contribution in [2.75, 3.05) is 40.3 Å². The molecule has 5 heteroatoms. The standard InChI is InChI=1S/C14H27N5/c1-5-15-13(14-16-7-10-19(14)4)12-11-17(2)8-6-9-18(12)3/h7,10,12-13,15H,5-6,8-9,11H2,1-4H3. The van der Waals surface area contributed by atoms with Crippen LogP contribution in [0.1, 0.15) is 25.2 Å². The van der Waals surface area contributed by atoms with Crippen LogP contribution in [0.4, 0.5) is 0 Å². The second-order valence-electron chi connectivity index (χ2n) is 5.60. The number of hydrogen-bond donors (Lipinski definition) is 1. The number of hydrogen-bond acceptors (Lipinski definition) is 4. The lowest BCUT2D eigenvalue weighted by atomic mass is 10.1. The van der Waals surface area contributed by atoms with Crippen molar-refractivity contribution in [3.8, 4) is 0 Å². The highest BCUT2D eigenvalue weighted by atomic mass is 15.3. The molecule has 1 aliphatic rings. The molecule has 0 aromatic carbocycles. The van der Waals surface area contributed by atoms with Crippen molar-refractivity contribution >= 4 is 0 Å². The maximum Gasteiger partial charge on any atom is 0.127 e. The van der Waals surface area contributed by atoms with Crippen molar-refractivity contribution < 1.29 is 0 Å². The van der Waals surface area contributed by atoms with Crippen molar-refractivity contribution in [2.24, 2.45) is 7.05 Å². The van der Waals surface area contributed by atoms with Crippen LogP contribution in [0, 0.1) is 0 Å². The molecule has 2 heterocycles. The summed E-state index contributed by atoms with van der Waals surface area (Å²) in [6.07, 6.45) is 5.16. The van der Waals surface area contributed by atoms with E-state index in [9.17, 15) is 0 Å². The highest BCUT2D eigenvalue weighted by molar-refractivity contribution is 5.04. The molecule has 2 rings (SSSR count). The Hall–Kier alpha value is -0.910. The van der Waals surface area contributed by atoms with Crippen molar-refractivity contribution in [2.45, 2.75) is 25.4 Å². The fourth-order valence-corrected chi connectivity index (χ4v) is 2.96. The van der Waals surface area contributed by atoms with Crippen molar-refractivity contribution in [3.63, 3.8) is 0 Å². The zero-order chi connectivity index (χ0) is 13.8. The minimum Gasteiger partial charge on any atom is -0.337 e. The Kier molecular flexibility index (Phi) is 4.96. The van der Waals surface area contributed by atoms with Crippen LogP contribution in [0.25, 0.3) is 0 Å². The first-order chi connectivity index (χ1) is 9.13. The van der Waals surface area contributed by atoms with Gasteiger partial charge in [-0.2, -0.15) is 0 Å². The van der Waals surface area contributed by atoms with Crippen molar-refractivity contribution in [1.29, 1.82) is 0 Å². The zero-order valence-electron chi connectivity index (χ0n) is 12.6. The van der Waals surface area contributed by atoms with E-state index in [-0.39, 0.29) is 6.04 Å². The molecule has 2 atom stereocenters. The summed E-state index contributed by atoms with van der Waals surface area (Å²) in [7, 11) is 6.53. The van der Waals surface area contributed by atoms with Gasteiger partial charge in [-0.3, -0.25) is 0 Å². The minimum absolute atomic E-state index is 0.288. The lowest BCUT2D eigenvalue weighted by molar-refractivity contribution is 0.173. The Bertz CT molecular complexity index is 389. The zero-order valence-corrected chi connectivity index (χ0v) is 12.6. The molecule has 1 aliphatic heterocycles. The number of imidazole rings is 1. The number of aromatic nitrogens is 2. The summed E-state index contributed by atoms with van der Waals surface area (Å²) < 4.78 is 2.13. The van der Waals surface area contributed by atoms with Gasteiger partial charge >= 0.3 is 0 Å². The molecule has 0 spiro atoms. The lowest BCUT2D eigenvalue weighted by Crippen LogP contribution is -2.47. The number of likely N-dealkylation sites (N-methyl/N-ethyl adjacent to an activating group) is 3. The Morgan fingerprint density at radius 1 is 1.37 bits per heavy atom. The molecule has 0 aliphatic carbocycles. The number of nitrogens with zero attached hydrogens (tertiary/aromatic N) is 4. The third-order valence-electron chi connectivity index (χ3n) is 4.06. The first-order valence-corrected chi connectivity index (χ1v) is 7.23. The average Bonchev–Trinajstić information content (AvgIpc) is 2.71. The highest BCUT2D eigenvalue weighted by Gasteiger charge is 2.31. The van der Waals surface area contributed by atoms with Gasteiger partial charge in [-0.05, 0) is 40.2 Å². The van der Waals surface area contributed by atoms with E-state index < -0.39 is 0 Å². The molecule has 19 heavy (non-hydrogen) atoms. The van der Waals surface area contributed by atoms with Crippen LogP contribution in [0.15, 0.2) is 12.4 Å². The Labute approximate surface area is 116 Å². The van der Waals surface area contributed by atoms with Gasteiger partial charge < -0.3 is 19.7 Å². The third kappa shape index (κ3) is 3.35. The van der Waals surface area contributed by atoms with Crippen LogP contribution < -0.4 is 5.32 Å². The van der Waals surface area contributed by atoms with Gasteiger partial charge in [0.25, 0.3) is 0 Å². The van der Waals surface area contributed by atoms with E-state index in [1.807, 2.05) is 12.4 Å². The second kappa shape index (κ2) is 6.50. The largest absolute Gasteiger partial charge is 0.337 e. The van der Waals surface area contributed by atoms with Crippen LogP contribution in [-0.4, -0.2) is 65.7 Å². The molecule has 1 fully saturated rings. The topological polar surface area (TPSA) is 36.3 Å². The van der Waals surface area contributed by atoms with E-state index in [4.69, 9.17) is 0 Å². The van der Waals surface area contributed by atoms with E-state index in [1.165, 1.54) is 13.0 Å². The molecular weight excluding hydrogens is 238 g/mol. The molecule has 0 saturated carbocycles. The van der Waals surface area contributed by atoms with Gasteiger partial charge in [-0.15, -0.1) is 0 Å². The molecule has 1 aromatic rings. The summed E-state index contributed by atoms with van der Waals surface area (Å²) in [6, 6.07) is 0.754. The fraction of sp³-hybridized carbons (Fsp3) is 0.786. The Balaban J connectivity index is 2.23. The van der Waals surface area contributed by atoms with Crippen LogP contribution in [0.3, 0.4) is 0 Å². The van der Waals surface area contributed by atoms with Crippen LogP contribution >= 0.6 is 0 Å². The van der Waals surface area contributed by atoms with E-state index in [2.05, 4.69) is 52.7 Å². The summed E-state index contributed by atoms with van der Waals surface area (Å²) in [6.45, 7) is 6.55. The van der Waals surface area contributed by atoms with Gasteiger partial charge in [0.1, 0.15) is 5.82 Å². The van der Waals surface area contributed by atoms with Crippen LogP contribution in [0.2, 0.25) is 0 Å². The molecule has 0 amide bonds. The van der Waals surface area contributed by atoms with Gasteiger partial charge in [-0.1, -0.05) is 6.92 Å². The normalized spacial score (nSPS) is 24.3. The maximum atomic E-state index is 4.56. The quantitative estimate of drug-likeness (QED) is 0.870. The van der Waals surface area contributed by atoms with Crippen molar-refractivity contribution in [3.05, 3.63) is 18.2 Å². The molecule has 0 bridgehead atoms. The molecule has 108 valence electrons. The second-order valence-corrected chi connectivity index (χ2v) is 5.60. The van der Waals surface area contributed by atoms with Gasteiger partial charge in [0.2, 0.25) is 0 Å². The summed E-state index contributed by atoms with van der Waals surface area (Å²) in [5.41, 5.74) is 0. The Morgan fingerprint density at radius 2 is 2.16 bits per heavy atom. The van der Waals surface area contributed by atoms with Crippen LogP contribution in [-0.2, 0) is 7.05 Å². The monoisotopic (exact) mass is 265 g/mol. The molecule has 1 saturated heterocycles. The smallest absolute Gasteiger partial charge is 0.127 e. The first kappa shape index (κ1) is 14.5. The highest BCUT2D eigenvalue weighted by Crippen LogP contribution is 2.21. The summed E-state index contributed by atoms with van der Waals surface area (Å²) in [4.78, 5) is 9.46. The predicted molar refractivity (Wildman–Crippen MR) is 78.2 cm³/mol. The third-order valence-corrected chi connectivity index (χ3v) is 4.06. The van der Waals surface area contributed by atoms with Gasteiger partial charge in [0.15, 0.2) is 0 Å². The van der Waals surface area contributed by atoms with E-state index in [0.29, 0.717) is 6.04 Å². The van der Waals surface area contributed by atoms with Gasteiger partial charge in [-0.25, -0.2) is 4.98 Å². The van der Waals surface area contributed by atoms with E-state index >= 15 is 0 Å². The number of aryl methyl sites for hydroxylation is 1. The van der Waals surface area contributed by atoms with Crippen molar-refractivity contribution in [1.82, 2.24) is 24.7 Å². The van der Waals surface area contributed by atoms with Crippen LogP contribution in [0.5, 0.6) is 0 Å². The van der Waals surface area contributed by atoms with Gasteiger partial charge in [0.05, 0.1) is 6.04 Å². The molecule has 1 N–H and O–H groups in total. The number of nitrogens with one attached hydrogen (secondary N) is 1. The molecule has 2 unspecified atom stereocenters. The van der Waals surface area contributed by atoms with Gasteiger partial charge in [0, 0.05) is 32.0 Å². The Morgan fingerprint density at radius 3 is 2.79 bits per heavy atom. The van der Waals surface area contributed by atoms with E-state index in [0.717, 1.165) is 25.5 Å². The summed E-state index contributed by atoms with van der Waals surface area (Å²) in [5, 5.41) is 3.62. The first-order valence-electron chi connectivity index (χ1n) is 7.23. The predicted octanol–water partition coefficient (Wildman–Crippen LogP) is 0.707. The molecule has 0 radical (unpaired) electrons. The minimum atomic E-state index is 0.288. The molecular formula is C14H27N5.